The molecule has 0 aliphatic carbocycles. The monoisotopic (exact) mass is 260 g/mol. The van der Waals surface area contributed by atoms with Crippen molar-refractivity contribution in [2.75, 3.05) is 7.05 Å². The van der Waals surface area contributed by atoms with E-state index in [4.69, 9.17) is 10.8 Å². The molecule has 0 saturated heterocycles. The number of carboxylic acid groups (broad SMARTS) is 1. The number of aliphatic carboxylic acids is 1. The van der Waals surface area contributed by atoms with Crippen molar-refractivity contribution in [3.8, 4) is 0 Å². The summed E-state index contributed by atoms with van der Waals surface area (Å²) in [6, 6.07) is -3.14. The van der Waals surface area contributed by atoms with Gasteiger partial charge in [-0.1, -0.05) is 0 Å². The topological polar surface area (TPSA) is 151 Å². The summed E-state index contributed by atoms with van der Waals surface area (Å²) in [7, 11) is 1.39. The van der Waals surface area contributed by atoms with Gasteiger partial charge in [0.15, 0.2) is 0 Å². The van der Waals surface area contributed by atoms with E-state index in [1.165, 1.54) is 14.0 Å². The number of hydrogen-bond acceptors (Lipinski definition) is 4. The van der Waals surface area contributed by atoms with Crippen LogP contribution in [-0.2, 0) is 14.4 Å². The van der Waals surface area contributed by atoms with Crippen LogP contribution in [0.15, 0.2) is 0 Å². The highest BCUT2D eigenvalue weighted by Gasteiger charge is 2.23. The number of rotatable bonds is 6. The van der Waals surface area contributed by atoms with E-state index in [0.29, 0.717) is 0 Å². The lowest BCUT2D eigenvalue weighted by atomic mass is 10.2. The molecular weight excluding hydrogens is 244 g/mol. The fraction of sp³-hybridized carbons (Fsp3) is 0.556. The molecule has 0 aliphatic rings. The summed E-state index contributed by atoms with van der Waals surface area (Å²) in [5, 5.41) is 15.3. The molecule has 0 aromatic rings. The van der Waals surface area contributed by atoms with Crippen molar-refractivity contribution in [2.45, 2.75) is 25.4 Å². The Bertz CT molecular complexity index is 357. The van der Waals surface area contributed by atoms with Crippen LogP contribution >= 0.6 is 0 Å². The molecule has 0 radical (unpaired) electrons. The van der Waals surface area contributed by atoms with Gasteiger partial charge in [0.1, 0.15) is 12.1 Å². The van der Waals surface area contributed by atoms with Gasteiger partial charge < -0.3 is 26.8 Å². The SMILES string of the molecule is CNC(=O)C(C)NC(=O)NC(CC(N)=O)C(=O)O. The van der Waals surface area contributed by atoms with E-state index in [0.717, 1.165) is 0 Å². The van der Waals surface area contributed by atoms with Gasteiger partial charge in [-0.25, -0.2) is 9.59 Å². The van der Waals surface area contributed by atoms with Gasteiger partial charge >= 0.3 is 12.0 Å². The highest BCUT2D eigenvalue weighted by Crippen LogP contribution is 1.92. The molecule has 102 valence electrons. The average molecular weight is 260 g/mol. The van der Waals surface area contributed by atoms with Crippen LogP contribution in [-0.4, -0.2) is 48.1 Å². The van der Waals surface area contributed by atoms with Crippen molar-refractivity contribution in [1.29, 1.82) is 0 Å². The Hall–Kier alpha value is -2.32. The lowest BCUT2D eigenvalue weighted by molar-refractivity contribution is -0.140. The van der Waals surface area contributed by atoms with Gasteiger partial charge in [0.2, 0.25) is 11.8 Å². The van der Waals surface area contributed by atoms with Crippen molar-refractivity contribution >= 4 is 23.8 Å². The molecule has 9 nitrogen and oxygen atoms in total. The lowest BCUT2D eigenvalue weighted by Crippen LogP contribution is -2.52. The number of carbonyl (C=O) groups excluding carboxylic acids is 3. The number of hydrogen-bond donors (Lipinski definition) is 5. The van der Waals surface area contributed by atoms with Crippen LogP contribution in [0.4, 0.5) is 4.79 Å². The van der Waals surface area contributed by atoms with Crippen LogP contribution in [0, 0.1) is 0 Å². The minimum Gasteiger partial charge on any atom is -0.480 e. The second kappa shape index (κ2) is 7.09. The van der Waals surface area contributed by atoms with Crippen molar-refractivity contribution in [3.63, 3.8) is 0 Å². The summed E-state index contributed by atoms with van der Waals surface area (Å²) in [6.07, 6.45) is -0.531. The van der Waals surface area contributed by atoms with Gasteiger partial charge in [0, 0.05) is 7.05 Å². The van der Waals surface area contributed by atoms with E-state index in [-0.39, 0.29) is 0 Å². The summed E-state index contributed by atoms with van der Waals surface area (Å²) in [6.45, 7) is 1.42. The first-order chi connectivity index (χ1) is 8.27. The zero-order valence-corrected chi connectivity index (χ0v) is 10.0. The first-order valence-corrected chi connectivity index (χ1v) is 5.07. The Balaban J connectivity index is 4.38. The van der Waals surface area contributed by atoms with E-state index < -0.39 is 42.3 Å². The number of carboxylic acids is 1. The first-order valence-electron chi connectivity index (χ1n) is 5.07. The van der Waals surface area contributed by atoms with E-state index in [1.807, 2.05) is 5.32 Å². The molecule has 0 rings (SSSR count). The van der Waals surface area contributed by atoms with E-state index in [2.05, 4.69) is 10.6 Å². The predicted molar refractivity (Wildman–Crippen MR) is 60.4 cm³/mol. The Kier molecular flexibility index (Phi) is 6.18. The zero-order chi connectivity index (χ0) is 14.3. The lowest BCUT2D eigenvalue weighted by Gasteiger charge is -2.16. The third-order valence-electron chi connectivity index (χ3n) is 2.00. The van der Waals surface area contributed by atoms with E-state index >= 15 is 0 Å². The second-order valence-electron chi connectivity index (χ2n) is 3.51. The summed E-state index contributed by atoms with van der Waals surface area (Å²) in [4.78, 5) is 43.8. The molecule has 18 heavy (non-hydrogen) atoms. The predicted octanol–water partition coefficient (Wildman–Crippen LogP) is -2.25. The summed E-state index contributed by atoms with van der Waals surface area (Å²) in [5.41, 5.74) is 4.84. The molecule has 6 N–H and O–H groups in total. The van der Waals surface area contributed by atoms with E-state index in [9.17, 15) is 19.2 Å². The normalized spacial score (nSPS) is 13.0. The van der Waals surface area contributed by atoms with Gasteiger partial charge in [-0.2, -0.15) is 0 Å². The maximum absolute atomic E-state index is 11.4. The third-order valence-corrected chi connectivity index (χ3v) is 2.00. The van der Waals surface area contributed by atoms with Crippen LogP contribution in [0.2, 0.25) is 0 Å². The number of urea groups is 1. The standard InChI is InChI=1S/C9H16N4O5/c1-4(7(15)11-2)12-9(18)13-5(8(16)17)3-6(10)14/h4-5H,3H2,1-2H3,(H2,10,14)(H,11,15)(H,16,17)(H2,12,13,18). The van der Waals surface area contributed by atoms with Crippen LogP contribution in [0.1, 0.15) is 13.3 Å². The van der Waals surface area contributed by atoms with Crippen molar-refractivity contribution < 1.29 is 24.3 Å². The molecule has 0 saturated carbocycles. The molecule has 2 unspecified atom stereocenters. The maximum Gasteiger partial charge on any atom is 0.326 e. The van der Waals surface area contributed by atoms with Gasteiger partial charge in [-0.3, -0.25) is 9.59 Å². The fourth-order valence-corrected chi connectivity index (χ4v) is 1.08. The van der Waals surface area contributed by atoms with Crippen molar-refractivity contribution in [2.24, 2.45) is 5.73 Å². The van der Waals surface area contributed by atoms with E-state index in [1.54, 1.807) is 0 Å². The molecular formula is C9H16N4O5. The maximum atomic E-state index is 11.4. The van der Waals surface area contributed by atoms with Crippen LogP contribution in [0.25, 0.3) is 0 Å². The minimum absolute atomic E-state index is 0.438. The number of primary amides is 1. The molecule has 0 spiro atoms. The van der Waals surface area contributed by atoms with Crippen LogP contribution in [0.3, 0.4) is 0 Å². The van der Waals surface area contributed by atoms with Crippen molar-refractivity contribution in [1.82, 2.24) is 16.0 Å². The number of nitrogens with two attached hydrogens (primary N) is 1. The number of likely N-dealkylation sites (N-methyl/N-ethyl adjacent to an activating group) is 1. The highest BCUT2D eigenvalue weighted by atomic mass is 16.4. The quantitative estimate of drug-likeness (QED) is 0.365. The molecule has 0 aliphatic heterocycles. The molecule has 0 fully saturated rings. The summed E-state index contributed by atoms with van der Waals surface area (Å²) >= 11 is 0. The molecule has 0 bridgehead atoms. The Morgan fingerprint density at radius 2 is 1.78 bits per heavy atom. The van der Waals surface area contributed by atoms with Crippen molar-refractivity contribution in [3.05, 3.63) is 0 Å². The highest BCUT2D eigenvalue weighted by molar-refractivity contribution is 5.90. The smallest absolute Gasteiger partial charge is 0.326 e. The molecule has 0 aromatic carbocycles. The summed E-state index contributed by atoms with van der Waals surface area (Å²) < 4.78 is 0. The third kappa shape index (κ3) is 5.68. The molecule has 4 amide bonds. The van der Waals surface area contributed by atoms with Gasteiger partial charge in [-0.05, 0) is 6.92 Å². The fourth-order valence-electron chi connectivity index (χ4n) is 1.08. The average Bonchev–Trinajstić information content (AvgIpc) is 2.25. The van der Waals surface area contributed by atoms with Gasteiger partial charge in [-0.15, -0.1) is 0 Å². The Labute approximate surface area is 103 Å². The Morgan fingerprint density at radius 1 is 1.22 bits per heavy atom. The molecule has 0 heterocycles. The summed E-state index contributed by atoms with van der Waals surface area (Å²) in [5.74, 6) is -2.69. The van der Waals surface area contributed by atoms with Crippen LogP contribution < -0.4 is 21.7 Å². The largest absolute Gasteiger partial charge is 0.480 e. The second-order valence-corrected chi connectivity index (χ2v) is 3.51. The van der Waals surface area contributed by atoms with Crippen LogP contribution in [0.5, 0.6) is 0 Å². The first kappa shape index (κ1) is 15.7. The molecule has 0 aromatic heterocycles. The molecule has 2 atom stereocenters. The minimum atomic E-state index is -1.43. The number of carbonyl (C=O) groups is 4. The molecule has 9 heteroatoms. The van der Waals surface area contributed by atoms with Gasteiger partial charge in [0.05, 0.1) is 6.42 Å². The Morgan fingerprint density at radius 3 is 2.17 bits per heavy atom. The number of amides is 4. The number of nitrogens with one attached hydrogen (secondary N) is 3. The zero-order valence-electron chi connectivity index (χ0n) is 10.0. The van der Waals surface area contributed by atoms with Gasteiger partial charge in [0.25, 0.3) is 0 Å².